The van der Waals surface area contributed by atoms with Crippen molar-refractivity contribution in [1.29, 1.82) is 0 Å². The molecule has 2 aromatic carbocycles. The molecule has 0 amide bonds. The first-order valence-electron chi connectivity index (χ1n) is 8.44. The quantitative estimate of drug-likeness (QED) is 0.593. The summed E-state index contributed by atoms with van der Waals surface area (Å²) in [7, 11) is 4.72. The average molecular weight is 371 g/mol. The largest absolute Gasteiger partial charge is 0.545 e. The van der Waals surface area contributed by atoms with E-state index in [1.807, 2.05) is 11.6 Å². The number of aromatic carboxylic acids is 1. The number of carbonyl (C=O) groups excluding carboxylic acids is 1. The van der Waals surface area contributed by atoms with Gasteiger partial charge in [-0.15, -0.1) is 0 Å². The third kappa shape index (κ3) is 3.28. The minimum Gasteiger partial charge on any atom is -0.545 e. The monoisotopic (exact) mass is 371 g/mol. The third-order valence-electron chi connectivity index (χ3n) is 4.88. The number of rotatable bonds is 5. The van der Waals surface area contributed by atoms with Gasteiger partial charge in [-0.2, -0.15) is 0 Å². The topological polar surface area (TPSA) is 102 Å². The van der Waals surface area contributed by atoms with E-state index in [-0.39, 0.29) is 29.2 Å². The van der Waals surface area contributed by atoms with Gasteiger partial charge < -0.3 is 29.6 Å². The van der Waals surface area contributed by atoms with Gasteiger partial charge in [0.2, 0.25) is 0 Å². The molecule has 142 valence electrons. The molecule has 0 spiro atoms. The number of carboxylic acid groups (broad SMARTS) is 1. The van der Waals surface area contributed by atoms with Crippen molar-refractivity contribution in [2.45, 2.75) is 12.8 Å². The van der Waals surface area contributed by atoms with E-state index in [0.29, 0.717) is 24.3 Å². The van der Waals surface area contributed by atoms with Crippen LogP contribution >= 0.6 is 0 Å². The van der Waals surface area contributed by atoms with E-state index in [1.54, 1.807) is 18.2 Å². The standard InChI is InChI=1S/C20H21NO6/c1-21-7-6-11-9-15(22)16(23)10-13(11)14(21)8-12-4-5-17(26-2)19(27-3)18(12)20(24)25/h4-5,9-10H,6-8H2,1-3H3,(H2,23,24,25). The van der Waals surface area contributed by atoms with Crippen LogP contribution in [0, 0.1) is 0 Å². The molecule has 1 aliphatic rings. The first-order chi connectivity index (χ1) is 12.9. The summed E-state index contributed by atoms with van der Waals surface area (Å²) in [4.78, 5) is 11.8. The predicted octanol–water partition coefficient (Wildman–Crippen LogP) is 0.709. The summed E-state index contributed by atoms with van der Waals surface area (Å²) in [5.41, 5.74) is 2.95. The van der Waals surface area contributed by atoms with E-state index in [4.69, 9.17) is 9.47 Å². The van der Waals surface area contributed by atoms with Crippen molar-refractivity contribution in [1.82, 2.24) is 0 Å². The van der Waals surface area contributed by atoms with Crippen LogP contribution in [0.3, 0.4) is 0 Å². The molecule has 7 nitrogen and oxygen atoms in total. The Morgan fingerprint density at radius 1 is 1.19 bits per heavy atom. The van der Waals surface area contributed by atoms with E-state index < -0.39 is 5.97 Å². The lowest BCUT2D eigenvalue weighted by Crippen LogP contribution is -2.30. The number of aromatic hydroxyl groups is 2. The van der Waals surface area contributed by atoms with Crippen LogP contribution in [0.1, 0.15) is 27.0 Å². The van der Waals surface area contributed by atoms with Gasteiger partial charge in [-0.3, -0.25) is 0 Å². The number of hydrogen-bond donors (Lipinski definition) is 2. The number of phenolic OH excluding ortho intramolecular Hbond substituents is 2. The molecule has 0 aromatic heterocycles. The van der Waals surface area contributed by atoms with Crippen molar-refractivity contribution in [3.63, 3.8) is 0 Å². The molecule has 27 heavy (non-hydrogen) atoms. The van der Waals surface area contributed by atoms with Crippen molar-refractivity contribution in [2.75, 3.05) is 27.8 Å². The summed E-state index contributed by atoms with van der Waals surface area (Å²) in [5.74, 6) is -1.31. The van der Waals surface area contributed by atoms with Gasteiger partial charge >= 0.3 is 0 Å². The van der Waals surface area contributed by atoms with E-state index >= 15 is 0 Å². The van der Waals surface area contributed by atoms with Gasteiger partial charge in [-0.1, -0.05) is 6.07 Å². The fraction of sp³-hybridized carbons (Fsp3) is 0.300. The zero-order chi connectivity index (χ0) is 19.7. The fourth-order valence-electron chi connectivity index (χ4n) is 3.47. The summed E-state index contributed by atoms with van der Waals surface area (Å²) in [6.07, 6.45) is 1.000. The van der Waals surface area contributed by atoms with Gasteiger partial charge in [0.25, 0.3) is 0 Å². The van der Waals surface area contributed by atoms with E-state index in [2.05, 4.69) is 0 Å². The Morgan fingerprint density at radius 3 is 2.52 bits per heavy atom. The maximum absolute atomic E-state index is 11.8. The highest BCUT2D eigenvalue weighted by Crippen LogP contribution is 2.35. The zero-order valence-corrected chi connectivity index (χ0v) is 15.4. The molecule has 3 rings (SSSR count). The normalized spacial score (nSPS) is 13.3. The fourth-order valence-corrected chi connectivity index (χ4v) is 3.47. The molecule has 2 N–H and O–H groups in total. The van der Waals surface area contributed by atoms with Gasteiger partial charge in [-0.05, 0) is 29.3 Å². The third-order valence-corrected chi connectivity index (χ3v) is 4.88. The lowest BCUT2D eigenvalue weighted by Gasteiger charge is -2.20. The second-order valence-corrected chi connectivity index (χ2v) is 6.42. The highest BCUT2D eigenvalue weighted by atomic mass is 16.5. The number of likely N-dealkylation sites (N-methyl/N-ethyl adjacent to an activating group) is 1. The average Bonchev–Trinajstić information content (AvgIpc) is 2.64. The molecule has 0 saturated carbocycles. The van der Waals surface area contributed by atoms with E-state index in [0.717, 1.165) is 16.8 Å². The molecule has 0 radical (unpaired) electrons. The Labute approximate surface area is 156 Å². The number of phenols is 2. The van der Waals surface area contributed by atoms with Crippen LogP contribution in [0.15, 0.2) is 24.3 Å². The molecule has 1 heterocycles. The summed E-state index contributed by atoms with van der Waals surface area (Å²) in [5, 5.41) is 31.5. The van der Waals surface area contributed by atoms with Gasteiger partial charge in [0, 0.05) is 17.5 Å². The molecular formula is C20H21NO6. The van der Waals surface area contributed by atoms with Crippen LogP contribution < -0.4 is 14.6 Å². The number of benzene rings is 2. The SMILES string of the molecule is COc1ccc(CC2=[N+](C)CCc3cc(O)c(O)cc32)c(C(=O)[O-])c1OC. The number of ether oxygens (including phenoxy) is 2. The van der Waals surface area contributed by atoms with Crippen LogP contribution in [0.4, 0.5) is 0 Å². The van der Waals surface area contributed by atoms with Gasteiger partial charge in [-0.25, -0.2) is 4.58 Å². The smallest absolute Gasteiger partial charge is 0.187 e. The van der Waals surface area contributed by atoms with Gasteiger partial charge in [0.15, 0.2) is 28.7 Å². The van der Waals surface area contributed by atoms with Crippen molar-refractivity contribution in [3.05, 3.63) is 46.5 Å². The Bertz CT molecular complexity index is 948. The van der Waals surface area contributed by atoms with E-state index in [1.165, 1.54) is 20.3 Å². The molecule has 0 bridgehead atoms. The predicted molar refractivity (Wildman–Crippen MR) is 96.2 cm³/mol. The molecule has 0 unspecified atom stereocenters. The lowest BCUT2D eigenvalue weighted by atomic mass is 9.90. The molecule has 7 heteroatoms. The van der Waals surface area contributed by atoms with Crippen LogP contribution in [-0.4, -0.2) is 54.3 Å². The van der Waals surface area contributed by atoms with Gasteiger partial charge in [0.1, 0.15) is 13.6 Å². The molecule has 2 aromatic rings. The summed E-state index contributed by atoms with van der Waals surface area (Å²) >= 11 is 0. The Morgan fingerprint density at radius 2 is 1.89 bits per heavy atom. The Balaban J connectivity index is 2.13. The minimum atomic E-state index is -1.35. The first kappa shape index (κ1) is 18.6. The Kier molecular flexibility index (Phi) is 4.94. The maximum Gasteiger partial charge on any atom is 0.187 e. The van der Waals surface area contributed by atoms with Crippen LogP contribution in [0.5, 0.6) is 23.0 Å². The molecule has 0 saturated heterocycles. The first-order valence-corrected chi connectivity index (χ1v) is 8.44. The van der Waals surface area contributed by atoms with Crippen molar-refractivity contribution in [2.24, 2.45) is 0 Å². The Hall–Kier alpha value is -3.22. The number of hydrogen-bond acceptors (Lipinski definition) is 6. The summed E-state index contributed by atoms with van der Waals surface area (Å²) in [6.45, 7) is 0.709. The highest BCUT2D eigenvalue weighted by Gasteiger charge is 2.27. The van der Waals surface area contributed by atoms with Crippen molar-refractivity contribution < 1.29 is 34.2 Å². The number of nitrogens with zero attached hydrogens (tertiary/aromatic N) is 1. The molecule has 0 atom stereocenters. The molecule has 1 aliphatic heterocycles. The number of fused-ring (bicyclic) bond motifs is 1. The van der Waals surface area contributed by atoms with Crippen LogP contribution in [0.25, 0.3) is 0 Å². The van der Waals surface area contributed by atoms with E-state index in [9.17, 15) is 20.1 Å². The zero-order valence-electron chi connectivity index (χ0n) is 15.4. The van der Waals surface area contributed by atoms with Crippen LogP contribution in [0.2, 0.25) is 0 Å². The van der Waals surface area contributed by atoms with Gasteiger partial charge in [0.05, 0.1) is 26.6 Å². The molecular weight excluding hydrogens is 350 g/mol. The lowest BCUT2D eigenvalue weighted by molar-refractivity contribution is -0.498. The number of carboxylic acids is 1. The minimum absolute atomic E-state index is 0.0622. The molecule has 0 fully saturated rings. The number of carbonyl (C=O) groups is 1. The summed E-state index contributed by atoms with van der Waals surface area (Å²) in [6, 6.07) is 6.38. The van der Waals surface area contributed by atoms with Crippen molar-refractivity contribution >= 4 is 11.7 Å². The second-order valence-electron chi connectivity index (χ2n) is 6.42. The molecule has 0 aliphatic carbocycles. The highest BCUT2D eigenvalue weighted by molar-refractivity contribution is 6.03. The summed E-state index contributed by atoms with van der Waals surface area (Å²) < 4.78 is 12.4. The maximum atomic E-state index is 11.8. The number of methoxy groups -OCH3 is 2. The van der Waals surface area contributed by atoms with Crippen molar-refractivity contribution in [3.8, 4) is 23.0 Å². The van der Waals surface area contributed by atoms with Crippen LogP contribution in [-0.2, 0) is 12.8 Å². The second kappa shape index (κ2) is 7.19.